The fraction of sp³-hybridized carbons (Fsp3) is 0.647. The van der Waals surface area contributed by atoms with Crippen molar-refractivity contribution in [3.63, 3.8) is 0 Å². The molecule has 3 N–H and O–H groups in total. The molecule has 1 saturated carbocycles. The lowest BCUT2D eigenvalue weighted by atomic mass is 9.93. The Labute approximate surface area is 142 Å². The highest BCUT2D eigenvalue weighted by Crippen LogP contribution is 2.43. The topological polar surface area (TPSA) is 55.5 Å². The molecule has 5 heteroatoms. The van der Waals surface area contributed by atoms with E-state index in [4.69, 9.17) is 33.7 Å². The summed E-state index contributed by atoms with van der Waals surface area (Å²) in [6.45, 7) is 2.80. The van der Waals surface area contributed by atoms with Crippen molar-refractivity contribution in [3.05, 3.63) is 27.7 Å². The number of rotatable bonds is 7. The maximum Gasteiger partial charge on any atom is 0.156 e. The number of halogens is 2. The molecule has 0 radical (unpaired) electrons. The second-order valence-electron chi connectivity index (χ2n) is 6.33. The Morgan fingerprint density at radius 3 is 2.55 bits per heavy atom. The van der Waals surface area contributed by atoms with Gasteiger partial charge in [0.2, 0.25) is 0 Å². The van der Waals surface area contributed by atoms with Gasteiger partial charge in [-0.05, 0) is 49.3 Å². The molecule has 0 saturated heterocycles. The molecule has 0 aliphatic heterocycles. The summed E-state index contributed by atoms with van der Waals surface area (Å²) in [4.78, 5) is 0. The van der Waals surface area contributed by atoms with Crippen LogP contribution in [0.5, 0.6) is 5.75 Å². The molecule has 1 aromatic carbocycles. The summed E-state index contributed by atoms with van der Waals surface area (Å²) in [5.41, 5.74) is 6.75. The van der Waals surface area contributed by atoms with Gasteiger partial charge in [0.15, 0.2) is 5.75 Å². The standard InChI is InChI=1S/C17H25Cl2NO2/c1-2-3-4-7-22-16-14(18)8-13(9-15(16)19)12-5-6-17(20,10-12)11-21/h8-9,12,21H,2-7,10-11,20H2,1H3/t12-,17-/m1/s1. The van der Waals surface area contributed by atoms with Gasteiger partial charge in [-0.25, -0.2) is 0 Å². The van der Waals surface area contributed by atoms with Crippen LogP contribution >= 0.6 is 23.2 Å². The van der Waals surface area contributed by atoms with Crippen molar-refractivity contribution in [3.8, 4) is 5.75 Å². The zero-order chi connectivity index (χ0) is 16.2. The van der Waals surface area contributed by atoms with Gasteiger partial charge in [0.25, 0.3) is 0 Å². The van der Waals surface area contributed by atoms with Gasteiger partial charge in [0, 0.05) is 5.54 Å². The van der Waals surface area contributed by atoms with Crippen LogP contribution in [0.2, 0.25) is 10.0 Å². The summed E-state index contributed by atoms with van der Waals surface area (Å²) in [7, 11) is 0. The smallest absolute Gasteiger partial charge is 0.156 e. The second-order valence-corrected chi connectivity index (χ2v) is 7.14. The average Bonchev–Trinajstić information content (AvgIpc) is 2.89. The highest BCUT2D eigenvalue weighted by molar-refractivity contribution is 6.37. The first-order chi connectivity index (χ1) is 10.5. The second kappa shape index (κ2) is 7.87. The molecule has 1 aromatic rings. The Morgan fingerprint density at radius 1 is 1.32 bits per heavy atom. The van der Waals surface area contributed by atoms with Gasteiger partial charge in [-0.15, -0.1) is 0 Å². The molecule has 1 aliphatic carbocycles. The zero-order valence-corrected chi connectivity index (χ0v) is 14.6. The molecule has 2 rings (SSSR count). The summed E-state index contributed by atoms with van der Waals surface area (Å²) < 4.78 is 5.72. The fourth-order valence-electron chi connectivity index (χ4n) is 3.06. The van der Waals surface area contributed by atoms with Gasteiger partial charge in [0.1, 0.15) is 0 Å². The van der Waals surface area contributed by atoms with Crippen molar-refractivity contribution in [2.75, 3.05) is 13.2 Å². The Balaban J connectivity index is 2.06. The fourth-order valence-corrected chi connectivity index (χ4v) is 3.68. The third-order valence-corrected chi connectivity index (χ3v) is 5.01. The van der Waals surface area contributed by atoms with Gasteiger partial charge in [-0.1, -0.05) is 43.0 Å². The van der Waals surface area contributed by atoms with E-state index in [1.807, 2.05) is 12.1 Å². The van der Waals surface area contributed by atoms with Crippen molar-refractivity contribution >= 4 is 23.2 Å². The van der Waals surface area contributed by atoms with Crippen LogP contribution in [-0.4, -0.2) is 23.9 Å². The first kappa shape index (κ1) is 17.9. The average molecular weight is 346 g/mol. The normalized spacial score (nSPS) is 24.7. The molecular weight excluding hydrogens is 321 g/mol. The molecule has 0 bridgehead atoms. The minimum atomic E-state index is -0.473. The predicted molar refractivity (Wildman–Crippen MR) is 92.1 cm³/mol. The lowest BCUT2D eigenvalue weighted by Gasteiger charge is -2.21. The number of unbranched alkanes of at least 4 members (excludes halogenated alkanes) is 2. The molecule has 0 aromatic heterocycles. The van der Waals surface area contributed by atoms with E-state index in [1.54, 1.807) is 0 Å². The van der Waals surface area contributed by atoms with Crippen LogP contribution in [0.3, 0.4) is 0 Å². The van der Waals surface area contributed by atoms with Crippen LogP contribution in [-0.2, 0) is 0 Å². The number of benzene rings is 1. The zero-order valence-electron chi connectivity index (χ0n) is 13.1. The molecule has 3 nitrogen and oxygen atoms in total. The van der Waals surface area contributed by atoms with Crippen LogP contribution in [0, 0.1) is 0 Å². The summed E-state index contributed by atoms with van der Waals surface area (Å²) in [6.07, 6.45) is 5.80. The molecule has 0 heterocycles. The van der Waals surface area contributed by atoms with E-state index in [-0.39, 0.29) is 6.61 Å². The maximum absolute atomic E-state index is 9.39. The van der Waals surface area contributed by atoms with Crippen molar-refractivity contribution in [1.29, 1.82) is 0 Å². The van der Waals surface area contributed by atoms with Gasteiger partial charge >= 0.3 is 0 Å². The summed E-state index contributed by atoms with van der Waals surface area (Å²) >= 11 is 12.7. The molecule has 124 valence electrons. The maximum atomic E-state index is 9.39. The Kier molecular flexibility index (Phi) is 6.39. The van der Waals surface area contributed by atoms with Gasteiger partial charge < -0.3 is 15.6 Å². The van der Waals surface area contributed by atoms with E-state index >= 15 is 0 Å². The third-order valence-electron chi connectivity index (χ3n) is 4.44. The molecule has 2 atom stereocenters. The number of nitrogens with two attached hydrogens (primary N) is 1. The molecular formula is C17H25Cl2NO2. The lowest BCUT2D eigenvalue weighted by molar-refractivity contribution is 0.198. The Hall–Kier alpha value is -0.480. The molecule has 0 amide bonds. The van der Waals surface area contributed by atoms with Gasteiger partial charge in [0.05, 0.1) is 23.3 Å². The predicted octanol–water partition coefficient (Wildman–Crippen LogP) is 4.52. The molecule has 0 unspecified atom stereocenters. The third kappa shape index (κ3) is 4.29. The summed E-state index contributed by atoms with van der Waals surface area (Å²) in [6, 6.07) is 3.85. The van der Waals surface area contributed by atoms with Crippen LogP contribution in [0.15, 0.2) is 12.1 Å². The van der Waals surface area contributed by atoms with Crippen LogP contribution in [0.4, 0.5) is 0 Å². The highest BCUT2D eigenvalue weighted by Gasteiger charge is 2.36. The van der Waals surface area contributed by atoms with Crippen molar-refractivity contribution in [1.82, 2.24) is 0 Å². The minimum Gasteiger partial charge on any atom is -0.490 e. The summed E-state index contributed by atoms with van der Waals surface area (Å²) in [5, 5.41) is 10.5. The van der Waals surface area contributed by atoms with Gasteiger partial charge in [-0.3, -0.25) is 0 Å². The molecule has 0 spiro atoms. The molecule has 1 fully saturated rings. The monoisotopic (exact) mass is 345 g/mol. The van der Waals surface area contributed by atoms with E-state index < -0.39 is 5.54 Å². The lowest BCUT2D eigenvalue weighted by Crippen LogP contribution is -2.40. The van der Waals surface area contributed by atoms with Crippen molar-refractivity contribution < 1.29 is 9.84 Å². The highest BCUT2D eigenvalue weighted by atomic mass is 35.5. The van der Waals surface area contributed by atoms with Gasteiger partial charge in [-0.2, -0.15) is 0 Å². The Morgan fingerprint density at radius 2 is 2.00 bits per heavy atom. The van der Waals surface area contributed by atoms with Crippen molar-refractivity contribution in [2.24, 2.45) is 5.73 Å². The molecule has 22 heavy (non-hydrogen) atoms. The number of hydrogen-bond donors (Lipinski definition) is 2. The number of ether oxygens (including phenoxy) is 1. The number of aliphatic hydroxyl groups excluding tert-OH is 1. The van der Waals surface area contributed by atoms with E-state index in [0.717, 1.165) is 44.1 Å². The minimum absolute atomic E-state index is 0.0174. The SMILES string of the molecule is CCCCCOc1c(Cl)cc([C@@H]2CC[C@](N)(CO)C2)cc1Cl. The first-order valence-electron chi connectivity index (χ1n) is 8.00. The number of aliphatic hydroxyl groups is 1. The summed E-state index contributed by atoms with van der Waals surface area (Å²) in [5.74, 6) is 0.864. The van der Waals surface area contributed by atoms with Crippen LogP contribution < -0.4 is 10.5 Å². The van der Waals surface area contributed by atoms with Crippen molar-refractivity contribution in [2.45, 2.75) is 56.9 Å². The van der Waals surface area contributed by atoms with Crippen LogP contribution in [0.1, 0.15) is 56.9 Å². The van der Waals surface area contributed by atoms with E-state index in [2.05, 4.69) is 6.92 Å². The van der Waals surface area contributed by atoms with E-state index in [0.29, 0.717) is 28.3 Å². The Bertz CT molecular complexity index is 486. The number of hydrogen-bond acceptors (Lipinski definition) is 3. The van der Waals surface area contributed by atoms with Crippen LogP contribution in [0.25, 0.3) is 0 Å². The van der Waals surface area contributed by atoms with E-state index in [9.17, 15) is 5.11 Å². The quantitative estimate of drug-likeness (QED) is 0.714. The van der Waals surface area contributed by atoms with E-state index in [1.165, 1.54) is 0 Å². The first-order valence-corrected chi connectivity index (χ1v) is 8.76. The molecule has 1 aliphatic rings. The largest absolute Gasteiger partial charge is 0.490 e.